The summed E-state index contributed by atoms with van der Waals surface area (Å²) in [6, 6.07) is 10.0. The molecule has 1 aromatic heterocycles. The van der Waals surface area contributed by atoms with Crippen molar-refractivity contribution in [2.75, 3.05) is 13.1 Å². The van der Waals surface area contributed by atoms with E-state index < -0.39 is 0 Å². The van der Waals surface area contributed by atoms with Gasteiger partial charge in [-0.05, 0) is 44.2 Å². The maximum atomic E-state index is 12.8. The fourth-order valence-corrected chi connectivity index (χ4v) is 4.72. The number of hydrogen-bond acceptors (Lipinski definition) is 3. The van der Waals surface area contributed by atoms with Crippen LogP contribution in [0.5, 0.6) is 0 Å². The Kier molecular flexibility index (Phi) is 6.71. The molecule has 2 aliphatic rings. The molecule has 1 N–H and O–H groups in total. The first-order valence-corrected chi connectivity index (χ1v) is 11.4. The van der Waals surface area contributed by atoms with Gasteiger partial charge in [0.05, 0.1) is 0 Å². The summed E-state index contributed by atoms with van der Waals surface area (Å²) in [6.45, 7) is 1.92. The van der Waals surface area contributed by atoms with Gasteiger partial charge in [-0.25, -0.2) is 0 Å². The summed E-state index contributed by atoms with van der Waals surface area (Å²) < 4.78 is 1.94. The summed E-state index contributed by atoms with van der Waals surface area (Å²) in [5.74, 6) is -0.192. The lowest BCUT2D eigenvalue weighted by molar-refractivity contribution is -0.132. The number of benzene rings is 1. The maximum Gasteiger partial charge on any atom is 0.262 e. The van der Waals surface area contributed by atoms with E-state index >= 15 is 0 Å². The molecule has 4 rings (SSSR count). The van der Waals surface area contributed by atoms with E-state index in [2.05, 4.69) is 11.4 Å². The van der Waals surface area contributed by atoms with E-state index in [1.54, 1.807) is 6.08 Å². The number of likely N-dealkylation sites (tertiary alicyclic amines) is 1. The molecule has 162 valence electrons. The lowest BCUT2D eigenvalue weighted by Crippen LogP contribution is -2.37. The largest absolute Gasteiger partial charge is 0.349 e. The number of nitriles is 1. The average Bonchev–Trinajstić information content (AvgIpc) is 3.15. The minimum Gasteiger partial charge on any atom is -0.349 e. The summed E-state index contributed by atoms with van der Waals surface area (Å²) in [5, 5.41) is 13.6. The standard InChI is InChI=1S/C25H30N4O2/c26-16-19(25(31)27-21-9-3-1-4-10-21)15-20-17-29(23-12-6-5-11-22(20)23)18-24(30)28-13-7-2-8-14-28/h5-6,11-12,15,17,21H,1-4,7-10,13-14,18H2,(H,27,31)/b19-15+. The number of nitrogens with one attached hydrogen (secondary N) is 1. The third-order valence-corrected chi connectivity index (χ3v) is 6.44. The fourth-order valence-electron chi connectivity index (χ4n) is 4.72. The zero-order chi connectivity index (χ0) is 21.6. The Labute approximate surface area is 183 Å². The van der Waals surface area contributed by atoms with Crippen LogP contribution in [0.1, 0.15) is 56.9 Å². The predicted octanol–water partition coefficient (Wildman–Crippen LogP) is 4.01. The zero-order valence-corrected chi connectivity index (χ0v) is 18.0. The molecule has 0 bridgehead atoms. The topological polar surface area (TPSA) is 78.1 Å². The molecule has 1 aliphatic heterocycles. The van der Waals surface area contributed by atoms with Crippen LogP contribution < -0.4 is 5.32 Å². The van der Waals surface area contributed by atoms with Gasteiger partial charge in [0.25, 0.3) is 5.91 Å². The van der Waals surface area contributed by atoms with Crippen molar-refractivity contribution in [1.82, 2.24) is 14.8 Å². The molecule has 2 amide bonds. The number of carbonyl (C=O) groups excluding carboxylic acids is 2. The number of aromatic nitrogens is 1. The van der Waals surface area contributed by atoms with Crippen molar-refractivity contribution >= 4 is 28.8 Å². The Hall–Kier alpha value is -3.07. The molecule has 1 aromatic carbocycles. The van der Waals surface area contributed by atoms with E-state index in [4.69, 9.17) is 0 Å². The Bertz CT molecular complexity index is 1020. The van der Waals surface area contributed by atoms with Crippen molar-refractivity contribution in [3.05, 3.63) is 41.6 Å². The molecule has 2 fully saturated rings. The van der Waals surface area contributed by atoms with Crippen LogP contribution in [-0.4, -0.2) is 40.4 Å². The Morgan fingerprint density at radius 1 is 1.06 bits per heavy atom. The minimum absolute atomic E-state index is 0.107. The number of hydrogen-bond donors (Lipinski definition) is 1. The molecule has 1 aliphatic carbocycles. The van der Waals surface area contributed by atoms with Gasteiger partial charge in [0.15, 0.2) is 0 Å². The molecular weight excluding hydrogens is 388 g/mol. The number of carbonyl (C=O) groups is 2. The second-order valence-corrected chi connectivity index (χ2v) is 8.65. The van der Waals surface area contributed by atoms with E-state index in [-0.39, 0.29) is 30.0 Å². The van der Waals surface area contributed by atoms with Gasteiger partial charge in [-0.3, -0.25) is 9.59 Å². The maximum absolute atomic E-state index is 12.8. The Morgan fingerprint density at radius 2 is 1.77 bits per heavy atom. The number of nitrogens with zero attached hydrogens (tertiary/aromatic N) is 3. The van der Waals surface area contributed by atoms with E-state index in [0.29, 0.717) is 0 Å². The number of piperidine rings is 1. The van der Waals surface area contributed by atoms with Crippen LogP contribution in [0.3, 0.4) is 0 Å². The number of amides is 2. The molecular formula is C25H30N4O2. The SMILES string of the molecule is N#C/C(=C\c1cn(CC(=O)N2CCCCC2)c2ccccc12)C(=O)NC1CCCCC1. The quantitative estimate of drug-likeness (QED) is 0.589. The van der Waals surface area contributed by atoms with E-state index in [1.807, 2.05) is 39.9 Å². The first-order chi connectivity index (χ1) is 15.2. The molecule has 0 radical (unpaired) electrons. The van der Waals surface area contributed by atoms with Gasteiger partial charge in [-0.2, -0.15) is 5.26 Å². The van der Waals surface area contributed by atoms with Gasteiger partial charge in [0, 0.05) is 41.8 Å². The number of para-hydroxylation sites is 1. The van der Waals surface area contributed by atoms with Crippen molar-refractivity contribution in [2.24, 2.45) is 0 Å². The monoisotopic (exact) mass is 418 g/mol. The van der Waals surface area contributed by atoms with Crippen LogP contribution in [0.25, 0.3) is 17.0 Å². The molecule has 1 saturated heterocycles. The fraction of sp³-hybridized carbons (Fsp3) is 0.480. The van der Waals surface area contributed by atoms with Gasteiger partial charge in [0.1, 0.15) is 18.2 Å². The van der Waals surface area contributed by atoms with Crippen molar-refractivity contribution in [3.8, 4) is 6.07 Å². The van der Waals surface area contributed by atoms with Crippen molar-refractivity contribution in [3.63, 3.8) is 0 Å². The molecule has 0 atom stereocenters. The Morgan fingerprint density at radius 3 is 2.52 bits per heavy atom. The van der Waals surface area contributed by atoms with Gasteiger partial charge >= 0.3 is 0 Å². The first kappa shape index (κ1) is 21.2. The highest BCUT2D eigenvalue weighted by Gasteiger charge is 2.20. The molecule has 2 heterocycles. The molecule has 1 saturated carbocycles. The van der Waals surface area contributed by atoms with E-state index in [9.17, 15) is 14.9 Å². The number of fused-ring (bicyclic) bond motifs is 1. The lowest BCUT2D eigenvalue weighted by Gasteiger charge is -2.27. The van der Waals surface area contributed by atoms with Crippen molar-refractivity contribution in [1.29, 1.82) is 5.26 Å². The summed E-state index contributed by atoms with van der Waals surface area (Å²) >= 11 is 0. The van der Waals surface area contributed by atoms with Gasteiger partial charge in [-0.15, -0.1) is 0 Å². The van der Waals surface area contributed by atoms with Gasteiger partial charge in [0.2, 0.25) is 5.91 Å². The summed E-state index contributed by atoms with van der Waals surface area (Å²) in [6.07, 6.45) is 12.3. The highest BCUT2D eigenvalue weighted by atomic mass is 16.2. The minimum atomic E-state index is -0.310. The second kappa shape index (κ2) is 9.82. The normalized spacial score (nSPS) is 18.0. The second-order valence-electron chi connectivity index (χ2n) is 8.65. The van der Waals surface area contributed by atoms with Crippen molar-refractivity contribution in [2.45, 2.75) is 64.0 Å². The van der Waals surface area contributed by atoms with E-state index in [1.165, 1.54) is 12.8 Å². The van der Waals surface area contributed by atoms with Crippen LogP contribution in [0.15, 0.2) is 36.0 Å². The van der Waals surface area contributed by atoms with Crippen LogP contribution in [0, 0.1) is 11.3 Å². The third-order valence-electron chi connectivity index (χ3n) is 6.44. The summed E-state index contributed by atoms with van der Waals surface area (Å²) in [5.41, 5.74) is 1.83. The molecule has 31 heavy (non-hydrogen) atoms. The summed E-state index contributed by atoms with van der Waals surface area (Å²) in [4.78, 5) is 27.4. The third kappa shape index (κ3) is 4.99. The van der Waals surface area contributed by atoms with Gasteiger partial charge in [-0.1, -0.05) is 37.5 Å². The molecule has 2 aromatic rings. The van der Waals surface area contributed by atoms with Crippen LogP contribution >= 0.6 is 0 Å². The highest BCUT2D eigenvalue weighted by molar-refractivity contribution is 6.04. The number of rotatable bonds is 5. The Balaban J connectivity index is 1.57. The predicted molar refractivity (Wildman–Crippen MR) is 121 cm³/mol. The van der Waals surface area contributed by atoms with Crippen LogP contribution in [0.2, 0.25) is 0 Å². The van der Waals surface area contributed by atoms with Gasteiger partial charge < -0.3 is 14.8 Å². The lowest BCUT2D eigenvalue weighted by atomic mass is 9.95. The zero-order valence-electron chi connectivity index (χ0n) is 18.0. The van der Waals surface area contributed by atoms with E-state index in [0.717, 1.165) is 68.1 Å². The van der Waals surface area contributed by atoms with Crippen LogP contribution in [0.4, 0.5) is 0 Å². The molecule has 0 spiro atoms. The average molecular weight is 419 g/mol. The highest BCUT2D eigenvalue weighted by Crippen LogP contribution is 2.25. The first-order valence-electron chi connectivity index (χ1n) is 11.4. The summed E-state index contributed by atoms with van der Waals surface area (Å²) in [7, 11) is 0. The van der Waals surface area contributed by atoms with Crippen LogP contribution in [-0.2, 0) is 16.1 Å². The molecule has 6 nitrogen and oxygen atoms in total. The molecule has 0 unspecified atom stereocenters. The molecule has 6 heteroatoms. The van der Waals surface area contributed by atoms with Crippen molar-refractivity contribution < 1.29 is 9.59 Å². The smallest absolute Gasteiger partial charge is 0.262 e.